The van der Waals surface area contributed by atoms with Crippen LogP contribution in [-0.4, -0.2) is 23.7 Å². The molecule has 2 unspecified atom stereocenters. The number of hydrogen-bond acceptors (Lipinski definition) is 3. The van der Waals surface area contributed by atoms with Crippen molar-refractivity contribution in [3.63, 3.8) is 0 Å². The van der Waals surface area contributed by atoms with Crippen LogP contribution in [0.4, 0.5) is 0 Å². The van der Waals surface area contributed by atoms with E-state index in [2.05, 4.69) is 5.32 Å². The predicted molar refractivity (Wildman–Crippen MR) is 71.5 cm³/mol. The van der Waals surface area contributed by atoms with E-state index in [0.717, 1.165) is 9.90 Å². The molecule has 1 aromatic heterocycles. The molecule has 1 amide bonds. The zero-order valence-electron chi connectivity index (χ0n) is 10.1. The Balaban J connectivity index is 2.30. The summed E-state index contributed by atoms with van der Waals surface area (Å²) in [7, 11) is 0. The smallest absolute Gasteiger partial charge is 0.220 e. The van der Waals surface area contributed by atoms with E-state index in [1.807, 2.05) is 25.3 Å². The van der Waals surface area contributed by atoms with Crippen molar-refractivity contribution in [3.05, 3.63) is 21.3 Å². The van der Waals surface area contributed by atoms with E-state index >= 15 is 0 Å². The number of halogens is 1. The average Bonchev–Trinajstić information content (AvgIpc) is 2.71. The van der Waals surface area contributed by atoms with Crippen LogP contribution in [0.25, 0.3) is 0 Å². The number of aliphatic hydroxyl groups is 1. The third kappa shape index (κ3) is 5.06. The molecule has 17 heavy (non-hydrogen) atoms. The summed E-state index contributed by atoms with van der Waals surface area (Å²) < 4.78 is 0. The number of carbonyl (C=O) groups excluding carboxylic acids is 1. The molecule has 96 valence electrons. The number of thiophene rings is 1. The molecule has 0 radical (unpaired) electrons. The topological polar surface area (TPSA) is 49.3 Å². The maximum atomic E-state index is 11.6. The Bertz CT molecular complexity index is 367. The molecule has 0 bridgehead atoms. The molecule has 1 rings (SSSR count). The summed E-state index contributed by atoms with van der Waals surface area (Å²) in [5.74, 6) is 0.0949. The third-order valence-electron chi connectivity index (χ3n) is 2.75. The van der Waals surface area contributed by atoms with Crippen molar-refractivity contribution >= 4 is 28.8 Å². The Morgan fingerprint density at radius 1 is 1.59 bits per heavy atom. The van der Waals surface area contributed by atoms with E-state index in [9.17, 15) is 4.79 Å². The lowest BCUT2D eigenvalue weighted by molar-refractivity contribution is -0.122. The van der Waals surface area contributed by atoms with Crippen LogP contribution in [-0.2, 0) is 11.2 Å². The summed E-state index contributed by atoms with van der Waals surface area (Å²) in [6, 6.07) is 1.89. The Hall–Kier alpha value is -0.580. The molecule has 0 aliphatic carbocycles. The van der Waals surface area contributed by atoms with Gasteiger partial charge in [-0.3, -0.25) is 4.79 Å². The minimum atomic E-state index is -0.000534. The van der Waals surface area contributed by atoms with E-state index < -0.39 is 0 Å². The summed E-state index contributed by atoms with van der Waals surface area (Å²) in [4.78, 5) is 12.8. The van der Waals surface area contributed by atoms with Gasteiger partial charge in [0.05, 0.1) is 5.02 Å². The van der Waals surface area contributed by atoms with Crippen LogP contribution in [0.15, 0.2) is 11.4 Å². The Morgan fingerprint density at radius 2 is 2.29 bits per heavy atom. The van der Waals surface area contributed by atoms with Crippen molar-refractivity contribution in [2.75, 3.05) is 6.61 Å². The lowest BCUT2D eigenvalue weighted by Gasteiger charge is -2.19. The molecule has 0 aliphatic heterocycles. The van der Waals surface area contributed by atoms with E-state index in [-0.39, 0.29) is 24.5 Å². The van der Waals surface area contributed by atoms with Crippen molar-refractivity contribution in [2.24, 2.45) is 5.92 Å². The van der Waals surface area contributed by atoms with Crippen molar-refractivity contribution in [3.8, 4) is 0 Å². The first-order chi connectivity index (χ1) is 8.02. The molecular formula is C12H18ClNO2S. The van der Waals surface area contributed by atoms with Gasteiger partial charge in [0.25, 0.3) is 0 Å². The summed E-state index contributed by atoms with van der Waals surface area (Å²) >= 11 is 7.37. The summed E-state index contributed by atoms with van der Waals surface area (Å²) in [6.45, 7) is 3.90. The van der Waals surface area contributed by atoms with E-state index in [0.29, 0.717) is 12.8 Å². The van der Waals surface area contributed by atoms with Crippen molar-refractivity contribution < 1.29 is 9.90 Å². The maximum Gasteiger partial charge on any atom is 0.220 e. The van der Waals surface area contributed by atoms with E-state index in [4.69, 9.17) is 16.7 Å². The number of amides is 1. The second kappa shape index (κ2) is 6.99. The summed E-state index contributed by atoms with van der Waals surface area (Å²) in [5.41, 5.74) is 0. The molecule has 0 fully saturated rings. The van der Waals surface area contributed by atoms with Crippen molar-refractivity contribution in [2.45, 2.75) is 32.7 Å². The number of rotatable bonds is 6. The van der Waals surface area contributed by atoms with Gasteiger partial charge in [-0.1, -0.05) is 18.5 Å². The minimum Gasteiger partial charge on any atom is -0.396 e. The first-order valence-corrected chi connectivity index (χ1v) is 6.91. The predicted octanol–water partition coefficient (Wildman–Crippen LogP) is 2.47. The molecule has 1 aromatic rings. The zero-order chi connectivity index (χ0) is 12.8. The van der Waals surface area contributed by atoms with E-state index in [1.54, 1.807) is 11.3 Å². The van der Waals surface area contributed by atoms with Crippen LogP contribution < -0.4 is 5.32 Å². The largest absolute Gasteiger partial charge is 0.396 e. The van der Waals surface area contributed by atoms with Crippen LogP contribution in [0.2, 0.25) is 5.02 Å². The summed E-state index contributed by atoms with van der Waals surface area (Å²) in [5, 5.41) is 14.4. The molecule has 3 nitrogen and oxygen atoms in total. The first-order valence-electron chi connectivity index (χ1n) is 5.66. The highest BCUT2D eigenvalue weighted by molar-refractivity contribution is 7.10. The van der Waals surface area contributed by atoms with Gasteiger partial charge in [-0.15, -0.1) is 11.3 Å². The SMILES string of the molecule is CC(CO)C(C)NC(=O)CCc1cc(Cl)cs1. The normalized spacial score (nSPS) is 14.4. The highest BCUT2D eigenvalue weighted by Crippen LogP contribution is 2.20. The fourth-order valence-electron chi connectivity index (χ4n) is 1.35. The van der Waals surface area contributed by atoms with Crippen LogP contribution >= 0.6 is 22.9 Å². The Labute approximate surface area is 111 Å². The number of nitrogens with one attached hydrogen (secondary N) is 1. The number of carbonyl (C=O) groups is 1. The van der Waals surface area contributed by atoms with Crippen molar-refractivity contribution in [1.82, 2.24) is 5.32 Å². The maximum absolute atomic E-state index is 11.6. The molecule has 0 aromatic carbocycles. The van der Waals surface area contributed by atoms with Crippen molar-refractivity contribution in [1.29, 1.82) is 0 Å². The molecule has 1 heterocycles. The fraction of sp³-hybridized carbons (Fsp3) is 0.583. The molecular weight excluding hydrogens is 258 g/mol. The highest BCUT2D eigenvalue weighted by atomic mass is 35.5. The quantitative estimate of drug-likeness (QED) is 0.838. The number of aryl methyl sites for hydroxylation is 1. The Kier molecular flexibility index (Phi) is 5.95. The summed E-state index contributed by atoms with van der Waals surface area (Å²) in [6.07, 6.45) is 1.17. The van der Waals surface area contributed by atoms with Gasteiger partial charge in [-0.25, -0.2) is 0 Å². The average molecular weight is 276 g/mol. The van der Waals surface area contributed by atoms with Gasteiger partial charge in [0.1, 0.15) is 0 Å². The molecule has 5 heteroatoms. The molecule has 2 atom stereocenters. The monoisotopic (exact) mass is 275 g/mol. The van der Waals surface area contributed by atoms with Gasteiger partial charge < -0.3 is 10.4 Å². The minimum absolute atomic E-state index is 0.000534. The lowest BCUT2D eigenvalue weighted by atomic mass is 10.1. The lowest BCUT2D eigenvalue weighted by Crippen LogP contribution is -2.38. The van der Waals surface area contributed by atoms with Gasteiger partial charge >= 0.3 is 0 Å². The molecule has 0 saturated carbocycles. The third-order valence-corrected chi connectivity index (χ3v) is 4.09. The zero-order valence-corrected chi connectivity index (χ0v) is 11.6. The number of hydrogen-bond donors (Lipinski definition) is 2. The van der Waals surface area contributed by atoms with Gasteiger partial charge in [-0.05, 0) is 25.3 Å². The number of aliphatic hydroxyl groups excluding tert-OH is 1. The molecule has 0 spiro atoms. The second-order valence-corrected chi connectivity index (χ2v) is 5.68. The van der Waals surface area contributed by atoms with Gasteiger partial charge in [0.15, 0.2) is 0 Å². The van der Waals surface area contributed by atoms with Gasteiger partial charge in [-0.2, -0.15) is 0 Å². The van der Waals surface area contributed by atoms with E-state index in [1.165, 1.54) is 0 Å². The second-order valence-electron chi connectivity index (χ2n) is 4.25. The van der Waals surface area contributed by atoms with Gasteiger partial charge in [0.2, 0.25) is 5.91 Å². The van der Waals surface area contributed by atoms with Crippen LogP contribution in [0, 0.1) is 5.92 Å². The fourth-order valence-corrected chi connectivity index (χ4v) is 2.43. The van der Waals surface area contributed by atoms with Crippen LogP contribution in [0.3, 0.4) is 0 Å². The Morgan fingerprint density at radius 3 is 2.82 bits per heavy atom. The molecule has 0 saturated heterocycles. The van der Waals surface area contributed by atoms with Crippen LogP contribution in [0.1, 0.15) is 25.1 Å². The standard InChI is InChI=1S/C12H18ClNO2S/c1-8(6-15)9(2)14-12(16)4-3-11-5-10(13)7-17-11/h5,7-9,15H,3-4,6H2,1-2H3,(H,14,16). The van der Waals surface area contributed by atoms with Gasteiger partial charge in [0, 0.05) is 29.3 Å². The molecule has 2 N–H and O–H groups in total. The highest BCUT2D eigenvalue weighted by Gasteiger charge is 2.13. The molecule has 0 aliphatic rings. The first kappa shape index (κ1) is 14.5. The van der Waals surface area contributed by atoms with Crippen LogP contribution in [0.5, 0.6) is 0 Å².